The Hall–Kier alpha value is -1.74. The second-order valence-electron chi connectivity index (χ2n) is 11.3. The van der Waals surface area contributed by atoms with E-state index in [2.05, 4.69) is 45.9 Å². The first-order valence-electron chi connectivity index (χ1n) is 13.4. The van der Waals surface area contributed by atoms with Crippen LogP contribution in [-0.4, -0.2) is 21.9 Å². The number of ether oxygens (including phenoxy) is 1. The standard InChI is InChI=1S/C30H44O3/c1-5-6-8-13-23(31)19-24(21-11-9-7-10-12-21)22-17-27(32)29-25-16-20(2)14-15-26(25)30(3,4)33-28(29)18-22/h14,17-19,21,23,25-26,31-32H,5-13,15-16H2,1-4H3. The molecular formula is C30H44O3. The summed E-state index contributed by atoms with van der Waals surface area (Å²) >= 11 is 0. The highest BCUT2D eigenvalue weighted by Crippen LogP contribution is 2.55. The molecule has 0 radical (unpaired) electrons. The van der Waals surface area contributed by atoms with E-state index in [1.165, 1.54) is 30.4 Å². The van der Waals surface area contributed by atoms with Gasteiger partial charge in [-0.25, -0.2) is 0 Å². The molecule has 3 aliphatic rings. The van der Waals surface area contributed by atoms with E-state index in [0.717, 1.165) is 68.2 Å². The molecule has 0 spiro atoms. The van der Waals surface area contributed by atoms with Gasteiger partial charge in [-0.15, -0.1) is 0 Å². The molecule has 1 aliphatic heterocycles. The van der Waals surface area contributed by atoms with Crippen LogP contribution in [0.3, 0.4) is 0 Å². The Balaban J connectivity index is 1.72. The predicted molar refractivity (Wildman–Crippen MR) is 137 cm³/mol. The van der Waals surface area contributed by atoms with Gasteiger partial charge < -0.3 is 14.9 Å². The molecule has 3 atom stereocenters. The number of aromatic hydroxyl groups is 1. The molecule has 1 saturated carbocycles. The molecular weight excluding hydrogens is 408 g/mol. The summed E-state index contributed by atoms with van der Waals surface area (Å²) in [5.74, 6) is 2.32. The number of allylic oxidation sites excluding steroid dienone is 3. The minimum atomic E-state index is -0.431. The van der Waals surface area contributed by atoms with Gasteiger partial charge in [0.15, 0.2) is 0 Å². The highest BCUT2D eigenvalue weighted by molar-refractivity contribution is 5.72. The van der Waals surface area contributed by atoms with Crippen LogP contribution in [0.5, 0.6) is 11.5 Å². The van der Waals surface area contributed by atoms with Crippen LogP contribution in [0.4, 0.5) is 0 Å². The van der Waals surface area contributed by atoms with Crippen LogP contribution in [0.2, 0.25) is 0 Å². The Kier molecular flexibility index (Phi) is 7.58. The Morgan fingerprint density at radius 3 is 2.67 bits per heavy atom. The number of hydrogen-bond acceptors (Lipinski definition) is 3. The summed E-state index contributed by atoms with van der Waals surface area (Å²) in [5.41, 5.74) is 4.36. The largest absolute Gasteiger partial charge is 0.507 e. The predicted octanol–water partition coefficient (Wildman–Crippen LogP) is 7.91. The van der Waals surface area contributed by atoms with Gasteiger partial charge in [-0.3, -0.25) is 0 Å². The number of rotatable bonds is 7. The summed E-state index contributed by atoms with van der Waals surface area (Å²) in [4.78, 5) is 0. The lowest BCUT2D eigenvalue weighted by Gasteiger charge is -2.47. The van der Waals surface area contributed by atoms with Gasteiger partial charge in [0, 0.05) is 17.4 Å². The lowest BCUT2D eigenvalue weighted by Crippen LogP contribution is -2.45. The fraction of sp³-hybridized carbons (Fsp3) is 0.667. The summed E-state index contributed by atoms with van der Waals surface area (Å²) in [6, 6.07) is 4.13. The number of fused-ring (bicyclic) bond motifs is 3. The van der Waals surface area contributed by atoms with E-state index in [1.807, 2.05) is 6.07 Å². The van der Waals surface area contributed by atoms with Crippen molar-refractivity contribution < 1.29 is 14.9 Å². The van der Waals surface area contributed by atoms with Crippen LogP contribution in [0.25, 0.3) is 5.57 Å². The third-order valence-corrected chi connectivity index (χ3v) is 8.36. The maximum absolute atomic E-state index is 11.3. The van der Waals surface area contributed by atoms with Crippen molar-refractivity contribution in [2.45, 2.75) is 116 Å². The second kappa shape index (κ2) is 10.3. The van der Waals surface area contributed by atoms with Gasteiger partial charge >= 0.3 is 0 Å². The number of hydrogen-bond donors (Lipinski definition) is 2. The SMILES string of the molecule is CCCCCC(O)C=C(c1cc(O)c2c(c1)OC(C)(C)C1CC=C(C)CC21)C1CCCCC1. The van der Waals surface area contributed by atoms with Crippen molar-refractivity contribution in [3.8, 4) is 11.5 Å². The molecule has 3 heteroatoms. The fourth-order valence-electron chi connectivity index (χ4n) is 6.51. The number of aliphatic hydroxyl groups excluding tert-OH is 1. The van der Waals surface area contributed by atoms with Gasteiger partial charge in [0.25, 0.3) is 0 Å². The van der Waals surface area contributed by atoms with Crippen molar-refractivity contribution in [2.75, 3.05) is 0 Å². The van der Waals surface area contributed by atoms with Crippen LogP contribution in [0.1, 0.15) is 115 Å². The molecule has 1 aromatic carbocycles. The van der Waals surface area contributed by atoms with Crippen molar-refractivity contribution in [2.24, 2.45) is 11.8 Å². The van der Waals surface area contributed by atoms with E-state index >= 15 is 0 Å². The molecule has 2 N–H and O–H groups in total. The smallest absolute Gasteiger partial charge is 0.127 e. The highest BCUT2D eigenvalue weighted by Gasteiger charge is 2.45. The molecule has 4 rings (SSSR count). The van der Waals surface area contributed by atoms with Gasteiger partial charge in [0.05, 0.1) is 6.10 Å². The van der Waals surface area contributed by atoms with E-state index in [4.69, 9.17) is 4.74 Å². The van der Waals surface area contributed by atoms with Crippen molar-refractivity contribution >= 4 is 5.57 Å². The Bertz CT molecular complexity index is 888. The average molecular weight is 453 g/mol. The Morgan fingerprint density at radius 2 is 1.94 bits per heavy atom. The van der Waals surface area contributed by atoms with Gasteiger partial charge in [-0.2, -0.15) is 0 Å². The van der Waals surface area contributed by atoms with Gasteiger partial charge in [0.1, 0.15) is 17.1 Å². The number of aliphatic hydroxyl groups is 1. The molecule has 0 amide bonds. The molecule has 1 heterocycles. The zero-order valence-corrected chi connectivity index (χ0v) is 21.2. The van der Waals surface area contributed by atoms with E-state index in [1.54, 1.807) is 0 Å². The van der Waals surface area contributed by atoms with Crippen LogP contribution in [0, 0.1) is 11.8 Å². The van der Waals surface area contributed by atoms with E-state index in [-0.39, 0.29) is 5.60 Å². The summed E-state index contributed by atoms with van der Waals surface area (Å²) < 4.78 is 6.59. The van der Waals surface area contributed by atoms with Crippen LogP contribution >= 0.6 is 0 Å². The summed E-state index contributed by atoms with van der Waals surface area (Å²) in [5, 5.41) is 22.1. The van der Waals surface area contributed by atoms with Crippen molar-refractivity contribution in [1.29, 1.82) is 0 Å². The highest BCUT2D eigenvalue weighted by atomic mass is 16.5. The zero-order chi connectivity index (χ0) is 23.6. The number of benzene rings is 1. The third kappa shape index (κ3) is 5.34. The molecule has 0 saturated heterocycles. The lowest BCUT2D eigenvalue weighted by molar-refractivity contribution is 0.00758. The first-order valence-corrected chi connectivity index (χ1v) is 13.4. The quantitative estimate of drug-likeness (QED) is 0.326. The molecule has 2 aliphatic carbocycles. The summed E-state index contributed by atoms with van der Waals surface area (Å²) in [6.45, 7) is 8.79. The molecule has 33 heavy (non-hydrogen) atoms. The zero-order valence-electron chi connectivity index (χ0n) is 21.2. The molecule has 182 valence electrons. The van der Waals surface area contributed by atoms with Gasteiger partial charge in [0.2, 0.25) is 0 Å². The molecule has 1 aromatic rings. The first-order chi connectivity index (χ1) is 15.8. The summed E-state index contributed by atoms with van der Waals surface area (Å²) in [7, 11) is 0. The van der Waals surface area contributed by atoms with E-state index in [0.29, 0.717) is 23.5 Å². The first kappa shape index (κ1) is 24.4. The van der Waals surface area contributed by atoms with E-state index in [9.17, 15) is 10.2 Å². The van der Waals surface area contributed by atoms with Gasteiger partial charge in [-0.1, -0.05) is 63.2 Å². The van der Waals surface area contributed by atoms with Crippen molar-refractivity contribution in [1.82, 2.24) is 0 Å². The second-order valence-corrected chi connectivity index (χ2v) is 11.3. The van der Waals surface area contributed by atoms with Crippen LogP contribution in [0.15, 0.2) is 29.9 Å². The van der Waals surface area contributed by atoms with Crippen LogP contribution in [-0.2, 0) is 0 Å². The number of unbranched alkanes of at least 4 members (excludes halogenated alkanes) is 2. The minimum Gasteiger partial charge on any atom is -0.507 e. The molecule has 0 bridgehead atoms. The monoisotopic (exact) mass is 452 g/mol. The Labute approximate surface area is 200 Å². The maximum Gasteiger partial charge on any atom is 0.127 e. The normalized spacial score (nSPS) is 26.1. The average Bonchev–Trinajstić information content (AvgIpc) is 2.77. The van der Waals surface area contributed by atoms with Crippen molar-refractivity contribution in [3.63, 3.8) is 0 Å². The molecule has 3 nitrogen and oxygen atoms in total. The Morgan fingerprint density at radius 1 is 1.18 bits per heavy atom. The third-order valence-electron chi connectivity index (χ3n) is 8.36. The van der Waals surface area contributed by atoms with Crippen LogP contribution < -0.4 is 4.74 Å². The number of phenols is 1. The van der Waals surface area contributed by atoms with E-state index < -0.39 is 6.10 Å². The molecule has 3 unspecified atom stereocenters. The maximum atomic E-state index is 11.3. The van der Waals surface area contributed by atoms with Gasteiger partial charge in [-0.05, 0) is 82.1 Å². The number of phenolic OH excluding ortho intramolecular Hbond substituents is 1. The molecule has 0 aromatic heterocycles. The fourth-order valence-corrected chi connectivity index (χ4v) is 6.51. The summed E-state index contributed by atoms with van der Waals surface area (Å²) in [6.07, 6.45) is 16.3. The molecule has 1 fully saturated rings. The topological polar surface area (TPSA) is 49.7 Å². The van der Waals surface area contributed by atoms with Crippen molar-refractivity contribution in [3.05, 3.63) is 41.0 Å². The minimum absolute atomic E-state index is 0.270. The lowest BCUT2D eigenvalue weighted by atomic mass is 9.67.